The molecular formula is C29H17ClN2O. The molecule has 3 heterocycles. The second kappa shape index (κ2) is 6.96. The normalized spacial score (nSPS) is 11.8. The quantitative estimate of drug-likeness (QED) is 0.268. The summed E-state index contributed by atoms with van der Waals surface area (Å²) in [7, 11) is 0. The smallest absolute Gasteiger partial charge is 0.228 e. The Kier molecular flexibility index (Phi) is 3.90. The van der Waals surface area contributed by atoms with Crippen molar-refractivity contribution in [1.29, 1.82) is 0 Å². The van der Waals surface area contributed by atoms with Crippen LogP contribution < -0.4 is 0 Å². The van der Waals surface area contributed by atoms with Crippen LogP contribution in [0.1, 0.15) is 0 Å². The largest absolute Gasteiger partial charge is 0.438 e. The van der Waals surface area contributed by atoms with E-state index in [0.29, 0.717) is 10.7 Å². The van der Waals surface area contributed by atoms with Gasteiger partial charge in [0.1, 0.15) is 5.58 Å². The van der Waals surface area contributed by atoms with Gasteiger partial charge in [-0.3, -0.25) is 0 Å². The summed E-state index contributed by atoms with van der Waals surface area (Å²) in [6.07, 6.45) is 0. The maximum atomic E-state index is 6.26. The van der Waals surface area contributed by atoms with Crippen LogP contribution in [-0.4, -0.2) is 9.55 Å². The molecule has 0 atom stereocenters. The van der Waals surface area contributed by atoms with Crippen molar-refractivity contribution in [3.05, 3.63) is 108 Å². The van der Waals surface area contributed by atoms with Gasteiger partial charge in [-0.1, -0.05) is 78.3 Å². The summed E-state index contributed by atoms with van der Waals surface area (Å²) in [6.45, 7) is 0. The minimum atomic E-state index is 0.643. The molecule has 0 aliphatic rings. The lowest BCUT2D eigenvalue weighted by molar-refractivity contribution is 0.655. The summed E-state index contributed by atoms with van der Waals surface area (Å²) in [4.78, 5) is 5.09. The van der Waals surface area contributed by atoms with Gasteiger partial charge >= 0.3 is 0 Å². The van der Waals surface area contributed by atoms with Gasteiger partial charge in [0, 0.05) is 32.4 Å². The first-order valence-electron chi connectivity index (χ1n) is 10.9. The predicted octanol–water partition coefficient (Wildman–Crippen LogP) is 8.40. The maximum absolute atomic E-state index is 6.26. The standard InChI is InChI=1S/C29H17ClN2O/c30-19-16-14-18(15-17-19)27-28-25(26-22-11-5-7-13-24(22)33-29(26)31-27)21-10-4-6-12-23(21)32(28)20-8-2-1-3-9-20/h1-17H. The molecule has 3 nitrogen and oxygen atoms in total. The Morgan fingerprint density at radius 1 is 0.667 bits per heavy atom. The molecular weight excluding hydrogens is 428 g/mol. The van der Waals surface area contributed by atoms with Crippen LogP contribution in [0.25, 0.3) is 60.8 Å². The van der Waals surface area contributed by atoms with Crippen molar-refractivity contribution in [1.82, 2.24) is 9.55 Å². The van der Waals surface area contributed by atoms with Gasteiger partial charge in [-0.2, -0.15) is 0 Å². The van der Waals surface area contributed by atoms with Crippen LogP contribution in [0.3, 0.4) is 0 Å². The molecule has 0 N–H and O–H groups in total. The Balaban J connectivity index is 1.79. The molecule has 0 saturated heterocycles. The van der Waals surface area contributed by atoms with Crippen molar-refractivity contribution < 1.29 is 4.42 Å². The number of hydrogen-bond donors (Lipinski definition) is 0. The third-order valence-corrected chi connectivity index (χ3v) is 6.52. The maximum Gasteiger partial charge on any atom is 0.228 e. The SMILES string of the molecule is Clc1ccc(-c2nc3oc4ccccc4c3c3c4ccccc4n(-c4ccccc4)c23)cc1. The van der Waals surface area contributed by atoms with Crippen LogP contribution in [0.4, 0.5) is 0 Å². The molecule has 7 aromatic rings. The summed E-state index contributed by atoms with van der Waals surface area (Å²) < 4.78 is 8.57. The number of benzene rings is 4. The van der Waals surface area contributed by atoms with E-state index in [-0.39, 0.29) is 0 Å². The zero-order valence-electron chi connectivity index (χ0n) is 17.5. The Labute approximate surface area is 194 Å². The molecule has 0 fully saturated rings. The summed E-state index contributed by atoms with van der Waals surface area (Å²) in [5.41, 5.74) is 6.63. The Hall–Kier alpha value is -4.08. The van der Waals surface area contributed by atoms with Gasteiger partial charge in [0.25, 0.3) is 0 Å². The summed E-state index contributed by atoms with van der Waals surface area (Å²) in [5, 5.41) is 5.14. The first-order chi connectivity index (χ1) is 16.3. The minimum Gasteiger partial charge on any atom is -0.438 e. The van der Waals surface area contributed by atoms with Crippen LogP contribution in [0.2, 0.25) is 5.02 Å². The lowest BCUT2D eigenvalue weighted by Gasteiger charge is -2.11. The molecule has 156 valence electrons. The Morgan fingerprint density at radius 3 is 2.18 bits per heavy atom. The average Bonchev–Trinajstić information content (AvgIpc) is 3.40. The molecule has 33 heavy (non-hydrogen) atoms. The number of para-hydroxylation sites is 3. The van der Waals surface area contributed by atoms with Crippen LogP contribution >= 0.6 is 11.6 Å². The molecule has 7 rings (SSSR count). The number of fused-ring (bicyclic) bond motifs is 7. The molecule has 4 heteroatoms. The summed E-state index contributed by atoms with van der Waals surface area (Å²) >= 11 is 6.21. The lowest BCUT2D eigenvalue weighted by atomic mass is 10.0. The Bertz CT molecular complexity index is 1810. The van der Waals surface area contributed by atoms with E-state index in [2.05, 4.69) is 59.2 Å². The molecule has 0 amide bonds. The summed E-state index contributed by atoms with van der Waals surface area (Å²) in [5.74, 6) is 0. The van der Waals surface area contributed by atoms with E-state index >= 15 is 0 Å². The zero-order chi connectivity index (χ0) is 21.9. The predicted molar refractivity (Wildman–Crippen MR) is 136 cm³/mol. The van der Waals surface area contributed by atoms with Gasteiger partial charge in [-0.25, -0.2) is 4.98 Å². The molecule has 0 bridgehead atoms. The van der Waals surface area contributed by atoms with E-state index in [9.17, 15) is 0 Å². The first-order valence-corrected chi connectivity index (χ1v) is 11.2. The van der Waals surface area contributed by atoms with E-state index in [0.717, 1.165) is 49.7 Å². The fraction of sp³-hybridized carbons (Fsp3) is 0. The topological polar surface area (TPSA) is 31.0 Å². The molecule has 3 aromatic heterocycles. The van der Waals surface area contributed by atoms with E-state index in [1.165, 1.54) is 5.39 Å². The monoisotopic (exact) mass is 444 g/mol. The van der Waals surface area contributed by atoms with Gasteiger partial charge in [-0.05, 0) is 36.4 Å². The highest BCUT2D eigenvalue weighted by atomic mass is 35.5. The minimum absolute atomic E-state index is 0.643. The molecule has 4 aromatic carbocycles. The van der Waals surface area contributed by atoms with E-state index in [1.807, 2.05) is 48.5 Å². The second-order valence-corrected chi connectivity index (χ2v) is 8.59. The molecule has 0 spiro atoms. The third kappa shape index (κ3) is 2.66. The highest BCUT2D eigenvalue weighted by Gasteiger charge is 2.23. The second-order valence-electron chi connectivity index (χ2n) is 8.16. The van der Waals surface area contributed by atoms with Crippen LogP contribution in [0.15, 0.2) is 108 Å². The van der Waals surface area contributed by atoms with Crippen molar-refractivity contribution in [2.45, 2.75) is 0 Å². The number of aromatic nitrogens is 2. The van der Waals surface area contributed by atoms with Gasteiger partial charge < -0.3 is 8.98 Å². The molecule has 0 radical (unpaired) electrons. The molecule has 0 aliphatic carbocycles. The zero-order valence-corrected chi connectivity index (χ0v) is 18.3. The average molecular weight is 445 g/mol. The lowest BCUT2D eigenvalue weighted by Crippen LogP contribution is -1.97. The van der Waals surface area contributed by atoms with Gasteiger partial charge in [-0.15, -0.1) is 0 Å². The van der Waals surface area contributed by atoms with Crippen molar-refractivity contribution in [2.24, 2.45) is 0 Å². The van der Waals surface area contributed by atoms with Crippen LogP contribution in [-0.2, 0) is 0 Å². The van der Waals surface area contributed by atoms with Crippen molar-refractivity contribution >= 4 is 55.5 Å². The number of furan rings is 1. The number of halogens is 1. The van der Waals surface area contributed by atoms with Gasteiger partial charge in [0.15, 0.2) is 0 Å². The van der Waals surface area contributed by atoms with Gasteiger partial charge in [0.05, 0.1) is 22.1 Å². The molecule has 0 saturated carbocycles. The van der Waals surface area contributed by atoms with Crippen molar-refractivity contribution in [3.8, 4) is 16.9 Å². The number of nitrogens with zero attached hydrogens (tertiary/aromatic N) is 2. The summed E-state index contributed by atoms with van der Waals surface area (Å²) in [6, 6.07) is 35.0. The fourth-order valence-corrected chi connectivity index (χ4v) is 5.00. The van der Waals surface area contributed by atoms with E-state index < -0.39 is 0 Å². The number of rotatable bonds is 2. The van der Waals surface area contributed by atoms with E-state index in [1.54, 1.807) is 0 Å². The number of hydrogen-bond acceptors (Lipinski definition) is 2. The third-order valence-electron chi connectivity index (χ3n) is 6.27. The number of pyridine rings is 1. The van der Waals surface area contributed by atoms with Crippen LogP contribution in [0.5, 0.6) is 0 Å². The van der Waals surface area contributed by atoms with Gasteiger partial charge in [0.2, 0.25) is 5.71 Å². The molecule has 0 aliphatic heterocycles. The Morgan fingerprint density at radius 2 is 1.36 bits per heavy atom. The molecule has 0 unspecified atom stereocenters. The van der Waals surface area contributed by atoms with Crippen molar-refractivity contribution in [3.63, 3.8) is 0 Å². The highest BCUT2D eigenvalue weighted by Crippen LogP contribution is 2.44. The first kappa shape index (κ1) is 18.5. The highest BCUT2D eigenvalue weighted by molar-refractivity contribution is 6.31. The van der Waals surface area contributed by atoms with E-state index in [4.69, 9.17) is 21.0 Å². The van der Waals surface area contributed by atoms with Crippen LogP contribution in [0, 0.1) is 0 Å². The fourth-order valence-electron chi connectivity index (χ4n) is 4.88. The van der Waals surface area contributed by atoms with Crippen molar-refractivity contribution in [2.75, 3.05) is 0 Å².